The lowest BCUT2D eigenvalue weighted by molar-refractivity contribution is -0.146. The van der Waals surface area contributed by atoms with E-state index in [1.807, 2.05) is 48.5 Å². The number of ether oxygens (including phenoxy) is 2. The van der Waals surface area contributed by atoms with Crippen LogP contribution < -0.4 is 11.1 Å². The maximum atomic E-state index is 15.1. The number of carbonyl (C=O) groups is 2. The highest BCUT2D eigenvalue weighted by molar-refractivity contribution is 7.89. The van der Waals surface area contributed by atoms with E-state index < -0.39 is 102 Å². The molecule has 4 heterocycles. The molecule has 0 saturated carbocycles. The summed E-state index contributed by atoms with van der Waals surface area (Å²) >= 11 is 0. The van der Waals surface area contributed by atoms with Crippen LogP contribution in [0.25, 0.3) is 43.8 Å². The van der Waals surface area contributed by atoms with Crippen LogP contribution in [0.2, 0.25) is 0 Å². The number of pyridine rings is 2. The molecular formula is C60H52F6N4O10S2. The first-order valence-corrected chi connectivity index (χ1v) is 28.9. The zero-order chi connectivity index (χ0) is 58.5. The molecule has 8 aromatic rings. The Labute approximate surface area is 466 Å². The van der Waals surface area contributed by atoms with Gasteiger partial charge in [-0.05, 0) is 105 Å². The Morgan fingerprint density at radius 2 is 0.854 bits per heavy atom. The molecule has 0 N–H and O–H groups in total. The molecule has 2 unspecified atom stereocenters. The summed E-state index contributed by atoms with van der Waals surface area (Å²) in [6.07, 6.45) is -9.28. The van der Waals surface area contributed by atoms with Crippen LogP contribution in [0.4, 0.5) is 26.3 Å². The standard InChI is InChI=1S/C60H52F6N4O10S2/c1-79-57(73)49-35-67(81(75,76)55-53(41-21-13-23-45(31-41)59(61,62)63)43(33-51(71)69(49)55)29-39-19-11-17-37-15-5-7-25-47(37)39)27-9-3-4-10-28-68-36-50(58(74)80-2)70-52(72)34-44(30-40-20-12-18-38-16-6-8-26-48(38)40)54(56(70)82(68,77)78)42-22-14-24-46(32-42)60(64,65)66/h5-8,11-26,31-34,49-50H,3-4,9-10,27-30,35-36H2,1-2H3. The number of hydrogen-bond donors (Lipinski definition) is 0. The van der Waals surface area contributed by atoms with Gasteiger partial charge in [-0.3, -0.25) is 18.7 Å². The van der Waals surface area contributed by atoms with Gasteiger partial charge in [-0.25, -0.2) is 26.4 Å². The van der Waals surface area contributed by atoms with E-state index in [9.17, 15) is 45.5 Å². The van der Waals surface area contributed by atoms with E-state index >= 15 is 16.8 Å². The summed E-state index contributed by atoms with van der Waals surface area (Å²) in [6, 6.07) is 32.5. The molecule has 10 rings (SSSR count). The molecule has 2 aromatic heterocycles. The second-order valence-electron chi connectivity index (χ2n) is 20.1. The number of unbranched alkanes of at least 4 members (excludes halogenated alkanes) is 3. The normalized spacial score (nSPS) is 17.1. The SMILES string of the molecule is COC(=O)C1CN(CCCCCCN2CC(C(=O)OC)n3c(c(-c4cccc(C(F)(F)F)c4)c(Cc4cccc5ccccc45)cc3=O)S2(=O)=O)S(=O)(=O)c2c(-c3cccc(C(F)(F)F)c3)c(Cc3cccc4ccccc34)cc(=O)n21. The molecule has 0 fully saturated rings. The summed E-state index contributed by atoms with van der Waals surface area (Å²) in [6.45, 7) is -1.71. The van der Waals surface area contributed by atoms with Gasteiger partial charge >= 0.3 is 24.3 Å². The van der Waals surface area contributed by atoms with Crippen LogP contribution in [-0.4, -0.2) is 86.9 Å². The van der Waals surface area contributed by atoms with E-state index in [0.717, 1.165) is 102 Å². The first-order valence-electron chi connectivity index (χ1n) is 26.0. The van der Waals surface area contributed by atoms with Crippen molar-refractivity contribution in [2.45, 2.75) is 73.0 Å². The smallest absolute Gasteiger partial charge is 0.416 e. The number of esters is 2. The highest BCUT2D eigenvalue weighted by Crippen LogP contribution is 2.43. The summed E-state index contributed by atoms with van der Waals surface area (Å²) in [5.41, 5.74) is -3.34. The largest absolute Gasteiger partial charge is 0.467 e. The van der Waals surface area contributed by atoms with Crippen LogP contribution in [0.1, 0.15) is 71.1 Å². The fraction of sp³-hybridized carbons (Fsp3) is 0.267. The number of fused-ring (bicyclic) bond motifs is 4. The van der Waals surface area contributed by atoms with Crippen LogP contribution in [-0.2, 0) is 64.3 Å². The molecule has 0 bridgehead atoms. The quantitative estimate of drug-likeness (QED) is 0.0546. The molecule has 0 amide bonds. The number of rotatable bonds is 15. The van der Waals surface area contributed by atoms with Gasteiger partial charge in [0.1, 0.15) is 12.1 Å². The van der Waals surface area contributed by atoms with Gasteiger partial charge in [0, 0.05) is 49.4 Å². The molecule has 6 aromatic carbocycles. The monoisotopic (exact) mass is 1170 g/mol. The highest BCUT2D eigenvalue weighted by atomic mass is 32.2. The lowest BCUT2D eigenvalue weighted by Crippen LogP contribution is -2.50. The Balaban J connectivity index is 0.963. The number of hydrogen-bond acceptors (Lipinski definition) is 10. The van der Waals surface area contributed by atoms with Crippen LogP contribution in [0.15, 0.2) is 165 Å². The second kappa shape index (κ2) is 22.4. The van der Waals surface area contributed by atoms with Crippen molar-refractivity contribution in [3.63, 3.8) is 0 Å². The summed E-state index contributed by atoms with van der Waals surface area (Å²) in [7, 11) is -7.55. The number of methoxy groups -OCH3 is 2. The van der Waals surface area contributed by atoms with Crippen molar-refractivity contribution in [3.05, 3.63) is 200 Å². The molecular weight excluding hydrogens is 1110 g/mol. The number of alkyl halides is 6. The number of carbonyl (C=O) groups excluding carboxylic acids is 2. The molecule has 22 heteroatoms. The van der Waals surface area contributed by atoms with E-state index in [2.05, 4.69) is 0 Å². The topological polar surface area (TPSA) is 171 Å². The van der Waals surface area contributed by atoms with E-state index in [4.69, 9.17) is 9.47 Å². The van der Waals surface area contributed by atoms with Gasteiger partial charge in [0.25, 0.3) is 31.2 Å². The summed E-state index contributed by atoms with van der Waals surface area (Å²) in [5.74, 6) is -1.98. The average molecular weight is 1170 g/mol. The molecule has 82 heavy (non-hydrogen) atoms. The number of aromatic nitrogens is 2. The van der Waals surface area contributed by atoms with Crippen LogP contribution in [0, 0.1) is 0 Å². The zero-order valence-electron chi connectivity index (χ0n) is 44.0. The van der Waals surface area contributed by atoms with Crippen LogP contribution in [0.3, 0.4) is 0 Å². The van der Waals surface area contributed by atoms with Gasteiger partial charge in [-0.2, -0.15) is 35.0 Å². The fourth-order valence-electron chi connectivity index (χ4n) is 11.3. The van der Waals surface area contributed by atoms with Crippen molar-refractivity contribution in [3.8, 4) is 22.3 Å². The van der Waals surface area contributed by atoms with Gasteiger partial charge in [-0.1, -0.05) is 122 Å². The predicted octanol–water partition coefficient (Wildman–Crippen LogP) is 10.6. The second-order valence-corrected chi connectivity index (χ2v) is 23.8. The predicted molar refractivity (Wildman–Crippen MR) is 294 cm³/mol. The first kappa shape index (κ1) is 57.3. The fourth-order valence-corrected chi connectivity index (χ4v) is 15.1. The molecule has 0 saturated heterocycles. The van der Waals surface area contributed by atoms with Crippen molar-refractivity contribution in [1.29, 1.82) is 0 Å². The molecule has 2 aliphatic heterocycles. The van der Waals surface area contributed by atoms with Gasteiger partial charge in [0.2, 0.25) is 0 Å². The van der Waals surface area contributed by atoms with Crippen molar-refractivity contribution in [2.75, 3.05) is 40.4 Å². The first-order chi connectivity index (χ1) is 39.0. The van der Waals surface area contributed by atoms with E-state index in [-0.39, 0.29) is 85.0 Å². The third-order valence-electron chi connectivity index (χ3n) is 15.1. The van der Waals surface area contributed by atoms with Gasteiger partial charge in [0.15, 0.2) is 10.1 Å². The summed E-state index contributed by atoms with van der Waals surface area (Å²) in [5, 5.41) is 1.73. The Hall–Kier alpha value is -7.92. The molecule has 0 radical (unpaired) electrons. The summed E-state index contributed by atoms with van der Waals surface area (Å²) < 4.78 is 160. The molecule has 0 spiro atoms. The molecule has 2 atom stereocenters. The van der Waals surface area contributed by atoms with Crippen LogP contribution in [0.5, 0.6) is 0 Å². The van der Waals surface area contributed by atoms with Crippen molar-refractivity contribution in [2.24, 2.45) is 0 Å². The Morgan fingerprint density at radius 3 is 1.23 bits per heavy atom. The van der Waals surface area contributed by atoms with Gasteiger partial charge in [-0.15, -0.1) is 0 Å². The Bertz CT molecular complexity index is 3920. The third-order valence-corrected chi connectivity index (χ3v) is 18.9. The minimum absolute atomic E-state index is 0.0820. The lowest BCUT2D eigenvalue weighted by atomic mass is 9.93. The minimum Gasteiger partial charge on any atom is -0.467 e. The van der Waals surface area contributed by atoms with E-state index in [1.165, 1.54) is 12.1 Å². The lowest BCUT2D eigenvalue weighted by Gasteiger charge is -2.36. The number of halogens is 6. The Kier molecular flexibility index (Phi) is 15.7. The van der Waals surface area contributed by atoms with E-state index in [0.29, 0.717) is 11.1 Å². The zero-order valence-corrected chi connectivity index (χ0v) is 45.7. The van der Waals surface area contributed by atoms with Crippen molar-refractivity contribution < 1.29 is 62.2 Å². The maximum absolute atomic E-state index is 15.1. The molecule has 426 valence electrons. The Morgan fingerprint density at radius 1 is 0.488 bits per heavy atom. The minimum atomic E-state index is -4.85. The maximum Gasteiger partial charge on any atom is 0.416 e. The average Bonchev–Trinajstić information content (AvgIpc) is 3.64. The molecule has 0 aliphatic carbocycles. The van der Waals surface area contributed by atoms with Crippen LogP contribution >= 0.6 is 0 Å². The number of nitrogens with zero attached hydrogens (tertiary/aromatic N) is 4. The van der Waals surface area contributed by atoms with Crippen molar-refractivity contribution in [1.82, 2.24) is 17.7 Å². The summed E-state index contributed by atoms with van der Waals surface area (Å²) in [4.78, 5) is 55.8. The molecule has 2 aliphatic rings. The van der Waals surface area contributed by atoms with Gasteiger partial charge < -0.3 is 9.47 Å². The third kappa shape index (κ3) is 10.9. The van der Waals surface area contributed by atoms with E-state index in [1.54, 1.807) is 36.4 Å². The van der Waals surface area contributed by atoms with Gasteiger partial charge in [0.05, 0.1) is 25.3 Å². The highest BCUT2D eigenvalue weighted by Gasteiger charge is 2.46. The number of sulfonamides is 2. The number of benzene rings is 6. The van der Waals surface area contributed by atoms with Crippen molar-refractivity contribution >= 4 is 53.5 Å². The molecule has 14 nitrogen and oxygen atoms in total.